The van der Waals surface area contributed by atoms with Gasteiger partial charge >= 0.3 is 0 Å². The van der Waals surface area contributed by atoms with Crippen molar-refractivity contribution in [2.45, 2.75) is 39.2 Å². The van der Waals surface area contributed by atoms with Gasteiger partial charge in [-0.25, -0.2) is 4.39 Å². The van der Waals surface area contributed by atoms with Gasteiger partial charge in [-0.3, -0.25) is 0 Å². The SMILES string of the molecule is Cc1ccc(F)cc1CCCC(C)N. The predicted molar refractivity (Wildman–Crippen MR) is 57.7 cm³/mol. The maximum atomic E-state index is 12.9. The van der Waals surface area contributed by atoms with E-state index in [1.54, 1.807) is 6.07 Å². The minimum atomic E-state index is -0.147. The van der Waals surface area contributed by atoms with E-state index in [1.807, 2.05) is 19.9 Å². The lowest BCUT2D eigenvalue weighted by molar-refractivity contribution is 0.610. The summed E-state index contributed by atoms with van der Waals surface area (Å²) in [5, 5.41) is 0. The van der Waals surface area contributed by atoms with Crippen LogP contribution in [0.1, 0.15) is 30.9 Å². The molecule has 0 aliphatic heterocycles. The van der Waals surface area contributed by atoms with Crippen molar-refractivity contribution in [3.8, 4) is 0 Å². The van der Waals surface area contributed by atoms with Crippen LogP contribution in [0.3, 0.4) is 0 Å². The molecule has 1 aromatic carbocycles. The highest BCUT2D eigenvalue weighted by molar-refractivity contribution is 5.26. The van der Waals surface area contributed by atoms with Gasteiger partial charge in [0.05, 0.1) is 0 Å². The molecule has 1 nitrogen and oxygen atoms in total. The minimum Gasteiger partial charge on any atom is -0.328 e. The Hall–Kier alpha value is -0.890. The van der Waals surface area contributed by atoms with Crippen molar-refractivity contribution >= 4 is 0 Å². The summed E-state index contributed by atoms with van der Waals surface area (Å²) in [6, 6.07) is 5.20. The van der Waals surface area contributed by atoms with Gasteiger partial charge in [0.15, 0.2) is 0 Å². The highest BCUT2D eigenvalue weighted by atomic mass is 19.1. The molecule has 14 heavy (non-hydrogen) atoms. The minimum absolute atomic E-state index is 0.147. The van der Waals surface area contributed by atoms with Gasteiger partial charge < -0.3 is 5.73 Å². The number of nitrogens with two attached hydrogens (primary N) is 1. The topological polar surface area (TPSA) is 26.0 Å². The van der Waals surface area contributed by atoms with E-state index < -0.39 is 0 Å². The number of halogens is 1. The zero-order valence-corrected chi connectivity index (χ0v) is 8.89. The van der Waals surface area contributed by atoms with Crippen molar-refractivity contribution in [3.05, 3.63) is 35.1 Å². The molecule has 0 aliphatic rings. The van der Waals surface area contributed by atoms with E-state index in [2.05, 4.69) is 0 Å². The molecule has 0 fully saturated rings. The summed E-state index contributed by atoms with van der Waals surface area (Å²) in [5.41, 5.74) is 7.92. The van der Waals surface area contributed by atoms with Crippen LogP contribution in [0.2, 0.25) is 0 Å². The van der Waals surface area contributed by atoms with Gasteiger partial charge in [-0.05, 0) is 56.4 Å². The maximum absolute atomic E-state index is 12.9. The lowest BCUT2D eigenvalue weighted by atomic mass is 10.0. The first-order valence-corrected chi connectivity index (χ1v) is 5.10. The molecule has 1 aromatic rings. The standard InChI is InChI=1S/C12H18FN/c1-9-6-7-12(13)8-11(9)5-3-4-10(2)14/h6-8,10H,3-5,14H2,1-2H3. The van der Waals surface area contributed by atoms with Crippen LogP contribution in [0, 0.1) is 12.7 Å². The molecule has 1 unspecified atom stereocenters. The third-order valence-electron chi connectivity index (χ3n) is 2.42. The first-order chi connectivity index (χ1) is 6.59. The zero-order chi connectivity index (χ0) is 10.6. The summed E-state index contributed by atoms with van der Waals surface area (Å²) in [5.74, 6) is -0.147. The molecule has 0 aliphatic carbocycles. The largest absolute Gasteiger partial charge is 0.328 e. The van der Waals surface area contributed by atoms with E-state index in [0.717, 1.165) is 30.4 Å². The Labute approximate surface area is 85.1 Å². The first-order valence-electron chi connectivity index (χ1n) is 5.10. The molecular formula is C12H18FN. The second kappa shape index (κ2) is 5.11. The molecule has 0 spiro atoms. The fraction of sp³-hybridized carbons (Fsp3) is 0.500. The average Bonchev–Trinajstić information content (AvgIpc) is 2.10. The summed E-state index contributed by atoms with van der Waals surface area (Å²) in [6.07, 6.45) is 2.95. The van der Waals surface area contributed by atoms with E-state index >= 15 is 0 Å². The molecular weight excluding hydrogens is 177 g/mol. The first kappa shape index (κ1) is 11.2. The van der Waals surface area contributed by atoms with Gasteiger partial charge in [0.2, 0.25) is 0 Å². The van der Waals surface area contributed by atoms with Crippen molar-refractivity contribution in [2.75, 3.05) is 0 Å². The van der Waals surface area contributed by atoms with Crippen LogP contribution in [0.15, 0.2) is 18.2 Å². The van der Waals surface area contributed by atoms with Gasteiger partial charge in [-0.2, -0.15) is 0 Å². The monoisotopic (exact) mass is 195 g/mol. The van der Waals surface area contributed by atoms with Crippen LogP contribution in [-0.2, 0) is 6.42 Å². The lowest BCUT2D eigenvalue weighted by Gasteiger charge is -2.07. The fourth-order valence-electron chi connectivity index (χ4n) is 1.52. The van der Waals surface area contributed by atoms with Crippen molar-refractivity contribution in [1.82, 2.24) is 0 Å². The molecule has 78 valence electrons. The summed E-state index contributed by atoms with van der Waals surface area (Å²) in [4.78, 5) is 0. The maximum Gasteiger partial charge on any atom is 0.123 e. The van der Waals surface area contributed by atoms with Gasteiger partial charge in [0.25, 0.3) is 0 Å². The van der Waals surface area contributed by atoms with E-state index in [0.29, 0.717) is 0 Å². The Morgan fingerprint density at radius 2 is 2.14 bits per heavy atom. The zero-order valence-electron chi connectivity index (χ0n) is 8.89. The summed E-state index contributed by atoms with van der Waals surface area (Å²) >= 11 is 0. The Kier molecular flexibility index (Phi) is 4.08. The third kappa shape index (κ3) is 3.46. The number of aryl methyl sites for hydroxylation is 2. The van der Waals surface area contributed by atoms with E-state index in [1.165, 1.54) is 6.07 Å². The second-order valence-corrected chi connectivity index (χ2v) is 3.94. The van der Waals surface area contributed by atoms with E-state index in [9.17, 15) is 4.39 Å². The molecule has 0 amide bonds. The molecule has 0 saturated heterocycles. The smallest absolute Gasteiger partial charge is 0.123 e. The molecule has 0 bridgehead atoms. The summed E-state index contributed by atoms with van der Waals surface area (Å²) in [6.45, 7) is 4.01. The van der Waals surface area contributed by atoms with Crippen molar-refractivity contribution in [3.63, 3.8) is 0 Å². The molecule has 1 atom stereocenters. The van der Waals surface area contributed by atoms with Crippen LogP contribution in [0.4, 0.5) is 4.39 Å². The average molecular weight is 195 g/mol. The van der Waals surface area contributed by atoms with Crippen molar-refractivity contribution in [1.29, 1.82) is 0 Å². The van der Waals surface area contributed by atoms with Gasteiger partial charge in [0.1, 0.15) is 5.82 Å². The van der Waals surface area contributed by atoms with Crippen LogP contribution in [-0.4, -0.2) is 6.04 Å². The van der Waals surface area contributed by atoms with Crippen LogP contribution < -0.4 is 5.73 Å². The van der Waals surface area contributed by atoms with E-state index in [4.69, 9.17) is 5.73 Å². The van der Waals surface area contributed by atoms with E-state index in [-0.39, 0.29) is 11.9 Å². The van der Waals surface area contributed by atoms with Gasteiger partial charge in [-0.15, -0.1) is 0 Å². The lowest BCUT2D eigenvalue weighted by Crippen LogP contribution is -2.14. The molecule has 2 heteroatoms. The third-order valence-corrected chi connectivity index (χ3v) is 2.42. The van der Waals surface area contributed by atoms with Gasteiger partial charge in [-0.1, -0.05) is 6.07 Å². The van der Waals surface area contributed by atoms with Crippen LogP contribution in [0.25, 0.3) is 0 Å². The normalized spacial score (nSPS) is 12.9. The van der Waals surface area contributed by atoms with Crippen molar-refractivity contribution in [2.24, 2.45) is 5.73 Å². The molecule has 0 aromatic heterocycles. The van der Waals surface area contributed by atoms with Crippen molar-refractivity contribution < 1.29 is 4.39 Å². The Bertz CT molecular complexity index is 294. The number of benzene rings is 1. The highest BCUT2D eigenvalue weighted by Gasteiger charge is 2.01. The molecule has 2 N–H and O–H groups in total. The quantitative estimate of drug-likeness (QED) is 0.785. The predicted octanol–water partition coefficient (Wildman–Crippen LogP) is 2.80. The molecule has 0 heterocycles. The molecule has 1 rings (SSSR count). The fourth-order valence-corrected chi connectivity index (χ4v) is 1.52. The molecule has 0 saturated carbocycles. The molecule has 0 radical (unpaired) electrons. The number of hydrogen-bond donors (Lipinski definition) is 1. The number of hydrogen-bond acceptors (Lipinski definition) is 1. The summed E-state index contributed by atoms with van der Waals surface area (Å²) in [7, 11) is 0. The Balaban J connectivity index is 2.53. The van der Waals surface area contributed by atoms with Crippen LogP contribution >= 0.6 is 0 Å². The van der Waals surface area contributed by atoms with Gasteiger partial charge in [0, 0.05) is 6.04 Å². The summed E-state index contributed by atoms with van der Waals surface area (Å²) < 4.78 is 12.9. The number of rotatable bonds is 4. The highest BCUT2D eigenvalue weighted by Crippen LogP contribution is 2.13. The Morgan fingerprint density at radius 3 is 2.79 bits per heavy atom. The Morgan fingerprint density at radius 1 is 1.43 bits per heavy atom. The second-order valence-electron chi connectivity index (χ2n) is 3.94. The van der Waals surface area contributed by atoms with Crippen LogP contribution in [0.5, 0.6) is 0 Å².